The van der Waals surface area contributed by atoms with E-state index in [1.54, 1.807) is 11.0 Å². The van der Waals surface area contributed by atoms with E-state index in [4.69, 9.17) is 11.6 Å². The van der Waals surface area contributed by atoms with Gasteiger partial charge in [-0.15, -0.1) is 0 Å². The molecule has 0 bridgehead atoms. The summed E-state index contributed by atoms with van der Waals surface area (Å²) < 4.78 is 0. The smallest absolute Gasteiger partial charge is 0.321 e. The van der Waals surface area contributed by atoms with Crippen molar-refractivity contribution in [3.8, 4) is 0 Å². The molecule has 29 heavy (non-hydrogen) atoms. The van der Waals surface area contributed by atoms with Gasteiger partial charge in [-0.1, -0.05) is 41.9 Å². The number of rotatable bonds is 4. The molecule has 0 spiro atoms. The fourth-order valence-corrected chi connectivity index (χ4v) is 3.85. The molecule has 5 nitrogen and oxygen atoms in total. The highest BCUT2D eigenvalue weighted by atomic mass is 35.5. The van der Waals surface area contributed by atoms with Crippen LogP contribution >= 0.6 is 11.6 Å². The first-order valence-corrected chi connectivity index (χ1v) is 10.3. The highest BCUT2D eigenvalue weighted by Gasteiger charge is 2.39. The van der Waals surface area contributed by atoms with Crippen LogP contribution in [0.2, 0.25) is 5.02 Å². The maximum absolute atomic E-state index is 12.9. The van der Waals surface area contributed by atoms with Crippen LogP contribution in [0.1, 0.15) is 36.5 Å². The van der Waals surface area contributed by atoms with Gasteiger partial charge < -0.3 is 15.5 Å². The summed E-state index contributed by atoms with van der Waals surface area (Å²) in [6, 6.07) is 13.3. The zero-order chi connectivity index (χ0) is 21.0. The van der Waals surface area contributed by atoms with Gasteiger partial charge in [0.15, 0.2) is 0 Å². The number of likely N-dealkylation sites (tertiary alicyclic amines) is 1. The standard InChI is InChI=1S/C23H28ClN3O2/c1-16-7-4-5-8-18(16)14-25-21(28)23(3)11-6-12-27(15-23)22(29)26-19-10-9-17(2)20(24)13-19/h4-5,7-10,13H,6,11-12,14-15H2,1-3H3,(H,25,28)(H,26,29)/t23-/m1/s1. The van der Waals surface area contributed by atoms with Crippen molar-refractivity contribution < 1.29 is 9.59 Å². The Hall–Kier alpha value is -2.53. The Bertz CT molecular complexity index is 915. The molecule has 0 aromatic heterocycles. The molecule has 154 valence electrons. The molecule has 1 atom stereocenters. The number of piperidine rings is 1. The maximum Gasteiger partial charge on any atom is 0.321 e. The van der Waals surface area contributed by atoms with Crippen LogP contribution in [0.5, 0.6) is 0 Å². The van der Waals surface area contributed by atoms with E-state index in [0.717, 1.165) is 29.5 Å². The van der Waals surface area contributed by atoms with Crippen LogP contribution < -0.4 is 10.6 Å². The van der Waals surface area contributed by atoms with Crippen molar-refractivity contribution >= 4 is 29.2 Å². The Morgan fingerprint density at radius 3 is 2.62 bits per heavy atom. The molecule has 1 aliphatic heterocycles. The number of benzene rings is 2. The summed E-state index contributed by atoms with van der Waals surface area (Å²) in [5.74, 6) is -0.0170. The topological polar surface area (TPSA) is 61.4 Å². The molecule has 2 N–H and O–H groups in total. The van der Waals surface area contributed by atoms with Gasteiger partial charge in [0.25, 0.3) is 0 Å². The number of amides is 3. The van der Waals surface area contributed by atoms with Crippen molar-refractivity contribution in [2.24, 2.45) is 5.41 Å². The molecule has 1 fully saturated rings. The summed E-state index contributed by atoms with van der Waals surface area (Å²) in [5.41, 5.74) is 3.26. The number of carbonyl (C=O) groups is 2. The SMILES string of the molecule is Cc1ccc(NC(=O)N2CCC[C@@](C)(C(=O)NCc3ccccc3C)C2)cc1Cl. The van der Waals surface area contributed by atoms with Crippen molar-refractivity contribution in [1.29, 1.82) is 0 Å². The van der Waals surface area contributed by atoms with Crippen LogP contribution in [-0.2, 0) is 11.3 Å². The summed E-state index contributed by atoms with van der Waals surface area (Å²) in [7, 11) is 0. The van der Waals surface area contributed by atoms with E-state index >= 15 is 0 Å². The molecule has 1 saturated heterocycles. The minimum Gasteiger partial charge on any atom is -0.351 e. The molecule has 6 heteroatoms. The number of carbonyl (C=O) groups excluding carboxylic acids is 2. The summed E-state index contributed by atoms with van der Waals surface area (Å²) in [4.78, 5) is 27.4. The molecule has 2 aromatic rings. The van der Waals surface area contributed by atoms with Crippen LogP contribution in [0.25, 0.3) is 0 Å². The van der Waals surface area contributed by atoms with Crippen LogP contribution in [-0.4, -0.2) is 29.9 Å². The number of nitrogens with one attached hydrogen (secondary N) is 2. The number of nitrogens with zero attached hydrogens (tertiary/aromatic N) is 1. The highest BCUT2D eigenvalue weighted by Crippen LogP contribution is 2.30. The molecule has 1 heterocycles. The molecular weight excluding hydrogens is 386 g/mol. The van der Waals surface area contributed by atoms with Gasteiger partial charge in [0.05, 0.1) is 5.41 Å². The number of urea groups is 1. The number of hydrogen-bond acceptors (Lipinski definition) is 2. The lowest BCUT2D eigenvalue weighted by Gasteiger charge is -2.39. The van der Waals surface area contributed by atoms with Crippen molar-refractivity contribution in [1.82, 2.24) is 10.2 Å². The quantitative estimate of drug-likeness (QED) is 0.748. The van der Waals surface area contributed by atoms with E-state index in [1.807, 2.05) is 57.2 Å². The summed E-state index contributed by atoms with van der Waals surface area (Å²) in [5, 5.41) is 6.56. The molecule has 1 aliphatic rings. The minimum atomic E-state index is -0.608. The Labute approximate surface area is 177 Å². The van der Waals surface area contributed by atoms with Gasteiger partial charge in [0.1, 0.15) is 0 Å². The van der Waals surface area contributed by atoms with Gasteiger partial charge in [-0.05, 0) is 62.4 Å². The van der Waals surface area contributed by atoms with Crippen molar-refractivity contribution in [2.75, 3.05) is 18.4 Å². The van der Waals surface area contributed by atoms with Crippen LogP contribution in [0.15, 0.2) is 42.5 Å². The average Bonchev–Trinajstić information content (AvgIpc) is 2.70. The predicted octanol–water partition coefficient (Wildman–Crippen LogP) is 4.91. The van der Waals surface area contributed by atoms with Crippen molar-refractivity contribution in [3.63, 3.8) is 0 Å². The number of aryl methyl sites for hydroxylation is 2. The third-order valence-electron chi connectivity index (χ3n) is 5.66. The number of anilines is 1. The average molecular weight is 414 g/mol. The molecule has 3 amide bonds. The monoisotopic (exact) mass is 413 g/mol. The minimum absolute atomic E-state index is 0.0170. The van der Waals surface area contributed by atoms with Gasteiger partial charge in [-0.25, -0.2) is 4.79 Å². The Balaban J connectivity index is 1.61. The van der Waals surface area contributed by atoms with Crippen molar-refractivity contribution in [2.45, 2.75) is 40.2 Å². The third-order valence-corrected chi connectivity index (χ3v) is 6.06. The van der Waals surface area contributed by atoms with Gasteiger partial charge in [-0.3, -0.25) is 4.79 Å². The summed E-state index contributed by atoms with van der Waals surface area (Å²) in [6.45, 7) is 7.40. The van der Waals surface area contributed by atoms with Crippen LogP contribution in [0, 0.1) is 19.3 Å². The highest BCUT2D eigenvalue weighted by molar-refractivity contribution is 6.31. The molecule has 0 saturated carbocycles. The van der Waals surface area contributed by atoms with E-state index < -0.39 is 5.41 Å². The van der Waals surface area contributed by atoms with E-state index in [9.17, 15) is 9.59 Å². The van der Waals surface area contributed by atoms with Gasteiger partial charge >= 0.3 is 6.03 Å². The lowest BCUT2D eigenvalue weighted by atomic mass is 9.81. The molecule has 3 rings (SSSR count). The molecule has 0 radical (unpaired) electrons. The molecule has 2 aromatic carbocycles. The zero-order valence-electron chi connectivity index (χ0n) is 17.2. The fourth-order valence-electron chi connectivity index (χ4n) is 3.67. The fraction of sp³-hybridized carbons (Fsp3) is 0.391. The van der Waals surface area contributed by atoms with Gasteiger partial charge in [0.2, 0.25) is 5.91 Å². The first kappa shape index (κ1) is 21.2. The maximum atomic E-state index is 12.9. The molecule has 0 aliphatic carbocycles. The Morgan fingerprint density at radius 2 is 1.90 bits per heavy atom. The zero-order valence-corrected chi connectivity index (χ0v) is 18.0. The summed E-state index contributed by atoms with van der Waals surface area (Å²) in [6.07, 6.45) is 1.54. The first-order valence-electron chi connectivity index (χ1n) is 9.93. The second-order valence-electron chi connectivity index (χ2n) is 8.09. The largest absolute Gasteiger partial charge is 0.351 e. The number of halogens is 1. The number of hydrogen-bond donors (Lipinski definition) is 2. The normalized spacial score (nSPS) is 19.0. The second kappa shape index (κ2) is 8.87. The Kier molecular flexibility index (Phi) is 6.48. The van der Waals surface area contributed by atoms with Crippen LogP contribution in [0.4, 0.5) is 10.5 Å². The third kappa shape index (κ3) is 5.10. The molecular formula is C23H28ClN3O2. The lowest BCUT2D eigenvalue weighted by Crippen LogP contribution is -2.52. The van der Waals surface area contributed by atoms with Crippen LogP contribution in [0.3, 0.4) is 0 Å². The lowest BCUT2D eigenvalue weighted by molar-refractivity contribution is -0.132. The molecule has 0 unspecified atom stereocenters. The van der Waals surface area contributed by atoms with Crippen molar-refractivity contribution in [3.05, 3.63) is 64.2 Å². The van der Waals surface area contributed by atoms with E-state index in [2.05, 4.69) is 10.6 Å². The Morgan fingerprint density at radius 1 is 1.14 bits per heavy atom. The predicted molar refractivity (Wildman–Crippen MR) is 117 cm³/mol. The van der Waals surface area contributed by atoms with Gasteiger partial charge in [-0.2, -0.15) is 0 Å². The first-order chi connectivity index (χ1) is 13.8. The second-order valence-corrected chi connectivity index (χ2v) is 8.50. The van der Waals surface area contributed by atoms with E-state index in [1.165, 1.54) is 0 Å². The van der Waals surface area contributed by atoms with Gasteiger partial charge in [0, 0.05) is 30.3 Å². The van der Waals surface area contributed by atoms with E-state index in [-0.39, 0.29) is 11.9 Å². The van der Waals surface area contributed by atoms with E-state index in [0.29, 0.717) is 30.3 Å². The summed E-state index contributed by atoms with van der Waals surface area (Å²) >= 11 is 6.15.